The summed E-state index contributed by atoms with van der Waals surface area (Å²) >= 11 is 3.41. The van der Waals surface area contributed by atoms with E-state index in [9.17, 15) is 5.26 Å². The van der Waals surface area contributed by atoms with Crippen LogP contribution in [0.2, 0.25) is 0 Å². The van der Waals surface area contributed by atoms with Gasteiger partial charge in [-0.25, -0.2) is 4.98 Å². The Balaban J connectivity index is 1.77. The zero-order chi connectivity index (χ0) is 19.2. The van der Waals surface area contributed by atoms with Gasteiger partial charge in [-0.1, -0.05) is 28.1 Å². The quantitative estimate of drug-likeness (QED) is 0.450. The number of ether oxygens (including phenoxy) is 1. The number of methoxy groups -OCH3 is 1. The second-order valence-electron chi connectivity index (χ2n) is 5.77. The summed E-state index contributed by atoms with van der Waals surface area (Å²) in [7, 11) is 1.59. The van der Waals surface area contributed by atoms with Gasteiger partial charge in [-0.2, -0.15) is 10.4 Å². The lowest BCUT2D eigenvalue weighted by Crippen LogP contribution is -2.03. The Morgan fingerprint density at radius 1 is 1.30 bits per heavy atom. The largest absolute Gasteiger partial charge is 0.455 e. The van der Waals surface area contributed by atoms with Gasteiger partial charge in [0.25, 0.3) is 0 Å². The summed E-state index contributed by atoms with van der Waals surface area (Å²) in [6.07, 6.45) is 1.55. The highest BCUT2D eigenvalue weighted by Gasteiger charge is 2.11. The number of furan rings is 1. The van der Waals surface area contributed by atoms with Gasteiger partial charge < -0.3 is 9.15 Å². The summed E-state index contributed by atoms with van der Waals surface area (Å²) in [6.45, 7) is 2.19. The molecular weight excluding hydrogens is 408 g/mol. The van der Waals surface area contributed by atoms with Gasteiger partial charge in [0.1, 0.15) is 23.2 Å². The Morgan fingerprint density at radius 3 is 2.78 bits per heavy atom. The van der Waals surface area contributed by atoms with Crippen LogP contribution in [0.3, 0.4) is 0 Å². The molecule has 0 bridgehead atoms. The third-order valence-corrected chi connectivity index (χ3v) is 4.29. The minimum Gasteiger partial charge on any atom is -0.455 e. The Kier molecular flexibility index (Phi) is 6.01. The van der Waals surface area contributed by atoms with Gasteiger partial charge in [-0.15, -0.1) is 0 Å². The van der Waals surface area contributed by atoms with Gasteiger partial charge in [0.05, 0.1) is 12.8 Å². The summed E-state index contributed by atoms with van der Waals surface area (Å²) in [6, 6.07) is 15.5. The average molecular weight is 425 g/mol. The summed E-state index contributed by atoms with van der Waals surface area (Å²) in [5, 5.41) is 13.6. The number of nitrogens with one attached hydrogen (secondary N) is 1. The minimum absolute atomic E-state index is 0.333. The van der Waals surface area contributed by atoms with Crippen molar-refractivity contribution in [3.05, 3.63) is 69.5 Å². The molecule has 1 N–H and O–H groups in total. The number of nitrogens with zero attached hydrogens (tertiary/aromatic N) is 3. The number of nitriles is 1. The second kappa shape index (κ2) is 8.62. The van der Waals surface area contributed by atoms with E-state index in [1.165, 1.54) is 0 Å². The van der Waals surface area contributed by atoms with Crippen molar-refractivity contribution >= 4 is 28.0 Å². The summed E-state index contributed by atoms with van der Waals surface area (Å²) in [5.41, 5.74) is 5.75. The van der Waals surface area contributed by atoms with Gasteiger partial charge in [0.15, 0.2) is 5.82 Å². The molecule has 0 saturated heterocycles. The molecule has 0 fully saturated rings. The molecule has 1 aromatic carbocycles. The average Bonchev–Trinajstić information content (AvgIpc) is 3.11. The zero-order valence-corrected chi connectivity index (χ0v) is 16.4. The lowest BCUT2D eigenvalue weighted by Gasteiger charge is -2.08. The topological polar surface area (TPSA) is 83.4 Å². The highest BCUT2D eigenvalue weighted by atomic mass is 79.9. The molecular formula is C20H17BrN4O2. The number of benzene rings is 1. The third-order valence-electron chi connectivity index (χ3n) is 3.76. The molecule has 7 heteroatoms. The van der Waals surface area contributed by atoms with Crippen LogP contribution < -0.4 is 5.43 Å². The number of anilines is 1. The lowest BCUT2D eigenvalue weighted by atomic mass is 10.1. The first-order valence-electron chi connectivity index (χ1n) is 8.15. The van der Waals surface area contributed by atoms with E-state index in [0.717, 1.165) is 27.1 Å². The number of halogens is 1. The van der Waals surface area contributed by atoms with Crippen LogP contribution in [0.25, 0.3) is 11.3 Å². The van der Waals surface area contributed by atoms with Gasteiger partial charge in [-0.05, 0) is 37.3 Å². The number of aryl methyl sites for hydroxylation is 1. The van der Waals surface area contributed by atoms with Crippen molar-refractivity contribution in [1.29, 1.82) is 5.26 Å². The monoisotopic (exact) mass is 424 g/mol. The van der Waals surface area contributed by atoms with Crippen LogP contribution in [-0.2, 0) is 11.3 Å². The molecule has 0 saturated carbocycles. The number of rotatable bonds is 6. The lowest BCUT2D eigenvalue weighted by molar-refractivity contribution is 0.184. The van der Waals surface area contributed by atoms with E-state index in [0.29, 0.717) is 23.7 Å². The number of aromatic nitrogens is 1. The Bertz CT molecular complexity index is 1000. The Labute approximate surface area is 165 Å². The van der Waals surface area contributed by atoms with E-state index in [1.54, 1.807) is 13.3 Å². The molecule has 2 heterocycles. The van der Waals surface area contributed by atoms with Crippen LogP contribution >= 0.6 is 15.9 Å². The molecule has 3 rings (SSSR count). The highest BCUT2D eigenvalue weighted by molar-refractivity contribution is 9.10. The molecule has 3 aromatic rings. The van der Waals surface area contributed by atoms with Crippen LogP contribution in [-0.4, -0.2) is 18.3 Å². The van der Waals surface area contributed by atoms with Crippen molar-refractivity contribution in [2.45, 2.75) is 13.5 Å². The van der Waals surface area contributed by atoms with Crippen molar-refractivity contribution < 1.29 is 9.15 Å². The fourth-order valence-corrected chi connectivity index (χ4v) is 2.83. The van der Waals surface area contributed by atoms with Crippen molar-refractivity contribution in [2.24, 2.45) is 5.10 Å². The molecule has 0 spiro atoms. The standard InChI is InChI=1S/C20H17BrN4O2/c1-13-9-15(12-26-2)18(10-22)20(24-13)25-23-11-17-7-8-19(27-17)14-3-5-16(21)6-4-14/h3-9,11H,12H2,1-2H3,(H,24,25). The van der Waals surface area contributed by atoms with Crippen LogP contribution in [0, 0.1) is 18.3 Å². The Morgan fingerprint density at radius 2 is 2.07 bits per heavy atom. The van der Waals surface area contributed by atoms with E-state index >= 15 is 0 Å². The van der Waals surface area contributed by atoms with Gasteiger partial charge in [-0.3, -0.25) is 5.43 Å². The molecule has 0 amide bonds. The van der Waals surface area contributed by atoms with E-state index in [4.69, 9.17) is 9.15 Å². The van der Waals surface area contributed by atoms with Gasteiger partial charge in [0.2, 0.25) is 0 Å². The number of hydrazone groups is 1. The van der Waals surface area contributed by atoms with Crippen molar-refractivity contribution in [2.75, 3.05) is 12.5 Å². The van der Waals surface area contributed by atoms with Crippen molar-refractivity contribution in [1.82, 2.24) is 4.98 Å². The molecule has 27 heavy (non-hydrogen) atoms. The van der Waals surface area contributed by atoms with Crippen LogP contribution in [0.5, 0.6) is 0 Å². The molecule has 0 aliphatic rings. The maximum Gasteiger partial charge on any atom is 0.164 e. The van der Waals surface area contributed by atoms with Crippen LogP contribution in [0.4, 0.5) is 5.82 Å². The normalized spacial score (nSPS) is 10.9. The predicted octanol–water partition coefficient (Wildman–Crippen LogP) is 4.88. The fourth-order valence-electron chi connectivity index (χ4n) is 2.56. The van der Waals surface area contributed by atoms with E-state index in [-0.39, 0.29) is 0 Å². The molecule has 6 nitrogen and oxygen atoms in total. The first kappa shape index (κ1) is 18.8. The van der Waals surface area contributed by atoms with E-state index < -0.39 is 0 Å². The van der Waals surface area contributed by atoms with Gasteiger partial charge >= 0.3 is 0 Å². The first-order valence-corrected chi connectivity index (χ1v) is 8.94. The maximum atomic E-state index is 9.42. The predicted molar refractivity (Wildman–Crippen MR) is 107 cm³/mol. The maximum absolute atomic E-state index is 9.42. The molecule has 0 aliphatic heterocycles. The second-order valence-corrected chi connectivity index (χ2v) is 6.69. The van der Waals surface area contributed by atoms with E-state index in [1.807, 2.05) is 49.4 Å². The third kappa shape index (κ3) is 4.61. The smallest absolute Gasteiger partial charge is 0.164 e. The molecule has 0 atom stereocenters. The number of hydrogen-bond donors (Lipinski definition) is 1. The zero-order valence-electron chi connectivity index (χ0n) is 14.9. The summed E-state index contributed by atoms with van der Waals surface area (Å²) < 4.78 is 11.9. The summed E-state index contributed by atoms with van der Waals surface area (Å²) in [5.74, 6) is 1.72. The molecule has 2 aromatic heterocycles. The number of pyridine rings is 1. The van der Waals surface area contributed by atoms with Gasteiger partial charge in [0, 0.05) is 28.4 Å². The van der Waals surface area contributed by atoms with E-state index in [2.05, 4.69) is 37.5 Å². The van der Waals surface area contributed by atoms with Crippen molar-refractivity contribution in [3.63, 3.8) is 0 Å². The SMILES string of the molecule is COCc1cc(C)nc(NN=Cc2ccc(-c3ccc(Br)cc3)o2)c1C#N. The number of hydrogen-bond acceptors (Lipinski definition) is 6. The van der Waals surface area contributed by atoms with Crippen molar-refractivity contribution in [3.8, 4) is 17.4 Å². The Hall–Kier alpha value is -2.95. The molecule has 136 valence electrons. The molecule has 0 aliphatic carbocycles. The first-order chi connectivity index (χ1) is 13.1. The molecule has 0 radical (unpaired) electrons. The van der Waals surface area contributed by atoms with Crippen LogP contribution in [0.15, 0.2) is 56.5 Å². The van der Waals surface area contributed by atoms with Crippen LogP contribution in [0.1, 0.15) is 22.6 Å². The summed E-state index contributed by atoms with van der Waals surface area (Å²) in [4.78, 5) is 4.34. The molecule has 0 unspecified atom stereocenters. The highest BCUT2D eigenvalue weighted by Crippen LogP contribution is 2.23. The minimum atomic E-state index is 0.333. The fraction of sp³-hybridized carbons (Fsp3) is 0.150.